The summed E-state index contributed by atoms with van der Waals surface area (Å²) < 4.78 is 33.1. The molecule has 0 aliphatic rings. The molecule has 8 heteroatoms. The third kappa shape index (κ3) is 4.21. The maximum atomic E-state index is 13.8. The molecule has 0 radical (unpaired) electrons. The van der Waals surface area contributed by atoms with Crippen molar-refractivity contribution < 1.29 is 18.0 Å². The van der Waals surface area contributed by atoms with Crippen molar-refractivity contribution in [1.29, 1.82) is 0 Å². The lowest BCUT2D eigenvalue weighted by molar-refractivity contribution is -0.116. The maximum Gasteiger partial charge on any atom is 0.224 e. The predicted octanol–water partition coefficient (Wildman–Crippen LogP) is 4.58. The van der Waals surface area contributed by atoms with E-state index in [0.717, 1.165) is 23.4 Å². The number of carbonyl (C=O) groups is 1. The van der Waals surface area contributed by atoms with E-state index in [1.165, 1.54) is 12.3 Å². The lowest BCUT2D eigenvalue weighted by atomic mass is 10.1. The quantitative estimate of drug-likeness (QED) is 0.501. The van der Waals surface area contributed by atoms with Crippen LogP contribution in [0.3, 0.4) is 0 Å². The van der Waals surface area contributed by atoms with Crippen LogP contribution in [-0.2, 0) is 11.2 Å². The molecule has 1 amide bonds. The molecule has 146 valence electrons. The molecule has 0 saturated carbocycles. The molecule has 2 aromatic carbocycles. The Morgan fingerprint density at radius 1 is 1.10 bits per heavy atom. The SMILES string of the molecule is O=C(CCc1ncc(-c2c(F)cccc2F)o1)Nc1cccc(-c2ccn[nH]2)c1. The smallest absolute Gasteiger partial charge is 0.224 e. The van der Waals surface area contributed by atoms with E-state index in [0.29, 0.717) is 5.69 Å². The van der Waals surface area contributed by atoms with Crippen molar-refractivity contribution in [2.45, 2.75) is 12.8 Å². The number of aromatic nitrogens is 3. The number of nitrogens with zero attached hydrogens (tertiary/aromatic N) is 2. The molecule has 0 aliphatic heterocycles. The number of oxazole rings is 1. The van der Waals surface area contributed by atoms with Gasteiger partial charge in [-0.3, -0.25) is 9.89 Å². The van der Waals surface area contributed by atoms with Crippen molar-refractivity contribution in [3.63, 3.8) is 0 Å². The zero-order chi connectivity index (χ0) is 20.2. The molecule has 0 atom stereocenters. The van der Waals surface area contributed by atoms with Gasteiger partial charge in [0.2, 0.25) is 5.91 Å². The summed E-state index contributed by atoms with van der Waals surface area (Å²) in [6.07, 6.45) is 3.21. The van der Waals surface area contributed by atoms with Crippen LogP contribution in [0.5, 0.6) is 0 Å². The highest BCUT2D eigenvalue weighted by Crippen LogP contribution is 2.27. The first kappa shape index (κ1) is 18.5. The molecule has 4 aromatic rings. The van der Waals surface area contributed by atoms with Gasteiger partial charge in [-0.2, -0.15) is 5.10 Å². The Labute approximate surface area is 164 Å². The van der Waals surface area contributed by atoms with E-state index in [9.17, 15) is 13.6 Å². The fraction of sp³-hybridized carbons (Fsp3) is 0.0952. The second kappa shape index (κ2) is 8.05. The van der Waals surface area contributed by atoms with Gasteiger partial charge in [-0.15, -0.1) is 0 Å². The van der Waals surface area contributed by atoms with Crippen LogP contribution in [0.1, 0.15) is 12.3 Å². The van der Waals surface area contributed by atoms with Crippen LogP contribution in [0.15, 0.2) is 65.3 Å². The molecule has 0 saturated heterocycles. The number of H-pyrrole nitrogens is 1. The van der Waals surface area contributed by atoms with E-state index in [1.54, 1.807) is 12.3 Å². The summed E-state index contributed by atoms with van der Waals surface area (Å²) in [6.45, 7) is 0. The van der Waals surface area contributed by atoms with Gasteiger partial charge in [0.1, 0.15) is 11.6 Å². The van der Waals surface area contributed by atoms with E-state index in [-0.39, 0.29) is 36.0 Å². The van der Waals surface area contributed by atoms with Crippen molar-refractivity contribution in [1.82, 2.24) is 15.2 Å². The van der Waals surface area contributed by atoms with Crippen molar-refractivity contribution >= 4 is 11.6 Å². The van der Waals surface area contributed by atoms with E-state index in [2.05, 4.69) is 20.5 Å². The average molecular weight is 394 g/mol. The van der Waals surface area contributed by atoms with E-state index >= 15 is 0 Å². The lowest BCUT2D eigenvalue weighted by Gasteiger charge is -2.06. The minimum absolute atomic E-state index is 0.0109. The van der Waals surface area contributed by atoms with Crippen molar-refractivity contribution in [3.05, 3.63) is 78.4 Å². The summed E-state index contributed by atoms with van der Waals surface area (Å²) in [5, 5.41) is 9.59. The van der Waals surface area contributed by atoms with Crippen molar-refractivity contribution in [3.8, 4) is 22.6 Å². The van der Waals surface area contributed by atoms with Crippen LogP contribution in [0, 0.1) is 11.6 Å². The molecule has 0 spiro atoms. The van der Waals surface area contributed by atoms with Gasteiger partial charge in [0.25, 0.3) is 0 Å². The zero-order valence-corrected chi connectivity index (χ0v) is 15.2. The molecular formula is C21H16F2N4O2. The van der Waals surface area contributed by atoms with Gasteiger partial charge in [-0.25, -0.2) is 13.8 Å². The summed E-state index contributed by atoms with van der Waals surface area (Å²) in [5.41, 5.74) is 2.10. The van der Waals surface area contributed by atoms with E-state index in [1.807, 2.05) is 24.3 Å². The average Bonchev–Trinajstić information content (AvgIpc) is 3.39. The largest absolute Gasteiger partial charge is 0.441 e. The number of hydrogen-bond donors (Lipinski definition) is 2. The molecule has 6 nitrogen and oxygen atoms in total. The summed E-state index contributed by atoms with van der Waals surface area (Å²) in [5.74, 6) is -1.49. The Morgan fingerprint density at radius 3 is 2.66 bits per heavy atom. The Hall–Kier alpha value is -3.81. The number of benzene rings is 2. The van der Waals surface area contributed by atoms with Crippen LogP contribution >= 0.6 is 0 Å². The third-order valence-electron chi connectivity index (χ3n) is 4.29. The van der Waals surface area contributed by atoms with Gasteiger partial charge in [-0.05, 0) is 30.3 Å². The molecule has 0 aliphatic carbocycles. The number of halogens is 2. The minimum Gasteiger partial charge on any atom is -0.441 e. The number of aromatic amines is 1. The predicted molar refractivity (Wildman–Crippen MR) is 103 cm³/mol. The monoisotopic (exact) mass is 394 g/mol. The normalized spacial score (nSPS) is 10.8. The van der Waals surface area contributed by atoms with Gasteiger partial charge in [-0.1, -0.05) is 18.2 Å². The van der Waals surface area contributed by atoms with E-state index < -0.39 is 11.6 Å². The maximum absolute atomic E-state index is 13.8. The molecule has 4 rings (SSSR count). The number of anilines is 1. The van der Waals surface area contributed by atoms with E-state index in [4.69, 9.17) is 4.42 Å². The highest BCUT2D eigenvalue weighted by molar-refractivity contribution is 5.91. The Morgan fingerprint density at radius 2 is 1.90 bits per heavy atom. The Kier molecular flexibility index (Phi) is 5.15. The fourth-order valence-corrected chi connectivity index (χ4v) is 2.90. The number of amides is 1. The summed E-state index contributed by atoms with van der Waals surface area (Å²) >= 11 is 0. The van der Waals surface area contributed by atoms with Gasteiger partial charge < -0.3 is 9.73 Å². The molecule has 0 unspecified atom stereocenters. The zero-order valence-electron chi connectivity index (χ0n) is 15.2. The topological polar surface area (TPSA) is 83.8 Å². The number of nitrogens with one attached hydrogen (secondary N) is 2. The number of carbonyl (C=O) groups excluding carboxylic acids is 1. The van der Waals surface area contributed by atoms with Crippen molar-refractivity contribution in [2.24, 2.45) is 0 Å². The molecule has 0 fully saturated rings. The van der Waals surface area contributed by atoms with Crippen LogP contribution < -0.4 is 5.32 Å². The van der Waals surface area contributed by atoms with Gasteiger partial charge in [0.15, 0.2) is 11.7 Å². The van der Waals surface area contributed by atoms with Crippen LogP contribution in [0.4, 0.5) is 14.5 Å². The molecule has 2 aromatic heterocycles. The summed E-state index contributed by atoms with van der Waals surface area (Å²) in [4.78, 5) is 16.3. The van der Waals surface area contributed by atoms with Crippen LogP contribution in [0.25, 0.3) is 22.6 Å². The standard InChI is InChI=1S/C21H16F2N4O2/c22-15-5-2-6-16(23)21(15)18-12-24-20(29-18)8-7-19(28)26-14-4-1-3-13(11-14)17-9-10-25-27-17/h1-6,9-12H,7-8H2,(H,25,27)(H,26,28). The second-order valence-electron chi connectivity index (χ2n) is 6.31. The first-order valence-corrected chi connectivity index (χ1v) is 8.89. The molecular weight excluding hydrogens is 378 g/mol. The third-order valence-corrected chi connectivity index (χ3v) is 4.29. The second-order valence-corrected chi connectivity index (χ2v) is 6.31. The highest BCUT2D eigenvalue weighted by Gasteiger charge is 2.16. The lowest BCUT2D eigenvalue weighted by Crippen LogP contribution is -2.12. The Balaban J connectivity index is 1.38. The molecule has 0 bridgehead atoms. The first-order valence-electron chi connectivity index (χ1n) is 8.89. The fourth-order valence-electron chi connectivity index (χ4n) is 2.90. The summed E-state index contributed by atoms with van der Waals surface area (Å²) in [6, 6.07) is 12.7. The molecule has 29 heavy (non-hydrogen) atoms. The van der Waals surface area contributed by atoms with Gasteiger partial charge in [0.05, 0.1) is 17.5 Å². The van der Waals surface area contributed by atoms with Gasteiger partial charge in [0, 0.05) is 30.3 Å². The summed E-state index contributed by atoms with van der Waals surface area (Å²) in [7, 11) is 0. The van der Waals surface area contributed by atoms with Crippen molar-refractivity contribution in [2.75, 3.05) is 5.32 Å². The first-order chi connectivity index (χ1) is 14.1. The number of rotatable bonds is 6. The van der Waals surface area contributed by atoms with Crippen LogP contribution in [-0.4, -0.2) is 21.1 Å². The van der Waals surface area contributed by atoms with Crippen LogP contribution in [0.2, 0.25) is 0 Å². The highest BCUT2D eigenvalue weighted by atomic mass is 19.1. The number of aryl methyl sites for hydroxylation is 1. The molecule has 2 N–H and O–H groups in total. The van der Waals surface area contributed by atoms with Gasteiger partial charge >= 0.3 is 0 Å². The molecule has 2 heterocycles. The Bertz CT molecular complexity index is 1120. The minimum atomic E-state index is -0.734. The number of hydrogen-bond acceptors (Lipinski definition) is 4.